The Morgan fingerprint density at radius 2 is 1.22 bits per heavy atom. The number of hydrogen-bond acceptors (Lipinski definition) is 6. The smallest absolute Gasteiger partial charge is 0.407 e. The molecule has 0 radical (unpaired) electrons. The Labute approximate surface area is 265 Å². The molecule has 0 bridgehead atoms. The normalized spacial score (nSPS) is 13.6. The molecule has 4 aromatic heterocycles. The number of nitrogens with zero attached hydrogens (tertiary/aromatic N) is 3. The fourth-order valence-electron chi connectivity index (χ4n) is 6.02. The summed E-state index contributed by atoms with van der Waals surface area (Å²) in [6, 6.07) is 16.1. The first-order valence-corrected chi connectivity index (χ1v) is 15.1. The first-order valence-electron chi connectivity index (χ1n) is 14.3. The van der Waals surface area contributed by atoms with Crippen LogP contribution in [-0.4, -0.2) is 45.2 Å². The summed E-state index contributed by atoms with van der Waals surface area (Å²) in [5.74, 6) is 0. The van der Waals surface area contributed by atoms with Crippen molar-refractivity contribution in [1.29, 1.82) is 0 Å². The summed E-state index contributed by atoms with van der Waals surface area (Å²) in [6.45, 7) is 3.83. The van der Waals surface area contributed by atoms with Crippen LogP contribution in [0, 0.1) is 9.54 Å². The summed E-state index contributed by atoms with van der Waals surface area (Å²) in [7, 11) is 0. The highest BCUT2D eigenvalue weighted by atomic mass is 32.1. The molecule has 45 heavy (non-hydrogen) atoms. The molecule has 0 spiro atoms. The third kappa shape index (κ3) is 5.43. The maximum Gasteiger partial charge on any atom is 0.407 e. The Kier molecular flexibility index (Phi) is 7.31. The molecule has 0 fully saturated rings. The van der Waals surface area contributed by atoms with E-state index in [1.54, 1.807) is 12.4 Å². The van der Waals surface area contributed by atoms with Gasteiger partial charge in [0.15, 0.2) is 9.54 Å². The van der Waals surface area contributed by atoms with Crippen LogP contribution in [0.15, 0.2) is 70.5 Å². The third-order valence-electron chi connectivity index (χ3n) is 8.26. The van der Waals surface area contributed by atoms with E-state index >= 15 is 0 Å². The number of carbonyl (C=O) groups is 1. The van der Waals surface area contributed by atoms with Crippen molar-refractivity contribution in [1.82, 2.24) is 39.3 Å². The van der Waals surface area contributed by atoms with Crippen LogP contribution in [0.25, 0.3) is 22.1 Å². The van der Waals surface area contributed by atoms with E-state index in [1.165, 1.54) is 21.6 Å². The van der Waals surface area contributed by atoms with E-state index in [-0.39, 0.29) is 11.1 Å². The van der Waals surface area contributed by atoms with Crippen LogP contribution in [0.1, 0.15) is 33.4 Å². The molecule has 1 amide bonds. The van der Waals surface area contributed by atoms with Gasteiger partial charge in [-0.1, -0.05) is 36.4 Å². The molecule has 12 nitrogen and oxygen atoms in total. The lowest BCUT2D eigenvalue weighted by molar-refractivity contribution is 0.145. The molecule has 0 atom stereocenters. The molecular formula is C31H28N8O4S2. The molecule has 0 saturated heterocycles. The number of carboxylic acid groups (broad SMARTS) is 1. The predicted octanol–water partition coefficient (Wildman–Crippen LogP) is 4.47. The minimum atomic E-state index is -0.912. The van der Waals surface area contributed by atoms with E-state index in [9.17, 15) is 14.4 Å². The molecule has 6 heterocycles. The molecule has 14 heteroatoms. The van der Waals surface area contributed by atoms with E-state index in [0.29, 0.717) is 46.8 Å². The van der Waals surface area contributed by atoms with E-state index < -0.39 is 6.09 Å². The zero-order chi connectivity index (χ0) is 31.2. The number of hydrogen-bond donors (Lipinski definition) is 6. The van der Waals surface area contributed by atoms with Gasteiger partial charge in [0.05, 0.1) is 24.1 Å². The first-order chi connectivity index (χ1) is 21.7. The minimum absolute atomic E-state index is 0.172. The largest absolute Gasteiger partial charge is 0.465 e. The van der Waals surface area contributed by atoms with E-state index in [1.807, 2.05) is 39.5 Å². The van der Waals surface area contributed by atoms with Gasteiger partial charge < -0.3 is 29.5 Å². The molecule has 8 rings (SSSR count). The van der Waals surface area contributed by atoms with Gasteiger partial charge in [0, 0.05) is 38.6 Å². The van der Waals surface area contributed by atoms with Gasteiger partial charge in [-0.3, -0.25) is 24.5 Å². The molecule has 6 aromatic rings. The SMILES string of the molecule is O=C(O)N1Cc2ccc(Cn3c(=S)[nH]c(=O)c4[nH]ccc43)cc2C1.O=c1[nH]c(=S)n(Cc2ccc3c(c2)CNC3)c2cc[nH]c12. The second-order valence-corrected chi connectivity index (χ2v) is 11.9. The Morgan fingerprint density at radius 1 is 0.711 bits per heavy atom. The van der Waals surface area contributed by atoms with Gasteiger partial charge in [-0.2, -0.15) is 0 Å². The summed E-state index contributed by atoms with van der Waals surface area (Å²) in [5, 5.41) is 12.5. The lowest BCUT2D eigenvalue weighted by Crippen LogP contribution is -2.22. The summed E-state index contributed by atoms with van der Waals surface area (Å²) in [5.41, 5.74) is 9.15. The predicted molar refractivity (Wildman–Crippen MR) is 174 cm³/mol. The van der Waals surface area contributed by atoms with Gasteiger partial charge in [-0.05, 0) is 69.9 Å². The maximum atomic E-state index is 11.9. The number of amides is 1. The molecule has 0 aliphatic carbocycles. The summed E-state index contributed by atoms with van der Waals surface area (Å²) in [6.07, 6.45) is 2.56. The number of nitrogens with one attached hydrogen (secondary N) is 5. The average Bonchev–Trinajstić information content (AvgIpc) is 3.83. The quantitative estimate of drug-likeness (QED) is 0.155. The molecule has 228 valence electrons. The lowest BCUT2D eigenvalue weighted by atomic mass is 10.1. The Morgan fingerprint density at radius 3 is 1.80 bits per heavy atom. The average molecular weight is 641 g/mol. The highest BCUT2D eigenvalue weighted by molar-refractivity contribution is 7.71. The molecule has 2 aromatic carbocycles. The van der Waals surface area contributed by atoms with Gasteiger partial charge in [0.1, 0.15) is 11.0 Å². The topological polar surface area (TPSA) is 160 Å². The van der Waals surface area contributed by atoms with E-state index in [2.05, 4.69) is 43.5 Å². The minimum Gasteiger partial charge on any atom is -0.465 e. The van der Waals surface area contributed by atoms with Crippen LogP contribution in [0.5, 0.6) is 0 Å². The van der Waals surface area contributed by atoms with Crippen molar-refractivity contribution in [2.45, 2.75) is 39.3 Å². The molecular weight excluding hydrogens is 613 g/mol. The third-order valence-corrected chi connectivity index (χ3v) is 8.91. The van der Waals surface area contributed by atoms with Crippen LogP contribution >= 0.6 is 24.4 Å². The number of fused-ring (bicyclic) bond motifs is 4. The second-order valence-electron chi connectivity index (χ2n) is 11.1. The van der Waals surface area contributed by atoms with Crippen LogP contribution in [-0.2, 0) is 39.3 Å². The van der Waals surface area contributed by atoms with Gasteiger partial charge in [0.25, 0.3) is 11.1 Å². The van der Waals surface area contributed by atoms with Gasteiger partial charge in [-0.25, -0.2) is 4.79 Å². The number of aromatic amines is 4. The number of rotatable bonds is 4. The molecule has 6 N–H and O–H groups in total. The molecule has 0 unspecified atom stereocenters. The first kappa shape index (κ1) is 28.7. The number of H-pyrrole nitrogens is 4. The fraction of sp³-hybridized carbons (Fsp3) is 0.194. The lowest BCUT2D eigenvalue weighted by Gasteiger charge is -2.10. The van der Waals surface area contributed by atoms with E-state index in [0.717, 1.165) is 40.8 Å². The standard InChI is InChI=1S/C16H14N4O3S.C15H14N4OS/c21-14-13-12(3-4-17-13)20(15(24)18-14)6-9-1-2-10-7-19(16(22)23)8-11(10)5-9;20-14-13-12(3-4-17-13)19(15(21)18-14)8-9-1-2-10-6-16-7-11(10)5-9/h1-5,17H,6-8H2,(H,22,23)(H,18,21,24);1-5,16-17H,6-8H2,(H,18,20,21). The van der Waals surface area contributed by atoms with Crippen molar-refractivity contribution in [2.24, 2.45) is 0 Å². The highest BCUT2D eigenvalue weighted by Crippen LogP contribution is 2.25. The summed E-state index contributed by atoms with van der Waals surface area (Å²) in [4.78, 5) is 47.5. The Bertz CT molecular complexity index is 2360. The summed E-state index contributed by atoms with van der Waals surface area (Å²) >= 11 is 10.6. The monoisotopic (exact) mass is 640 g/mol. The van der Waals surface area contributed by atoms with Crippen LogP contribution < -0.4 is 16.4 Å². The maximum absolute atomic E-state index is 11.9. The van der Waals surface area contributed by atoms with Crippen molar-refractivity contribution in [3.8, 4) is 0 Å². The van der Waals surface area contributed by atoms with Crippen molar-refractivity contribution in [3.63, 3.8) is 0 Å². The Balaban J connectivity index is 0.000000146. The van der Waals surface area contributed by atoms with Crippen molar-refractivity contribution in [3.05, 3.63) is 125 Å². The van der Waals surface area contributed by atoms with Crippen molar-refractivity contribution in [2.75, 3.05) is 0 Å². The molecule has 0 saturated carbocycles. The van der Waals surface area contributed by atoms with Gasteiger partial charge in [-0.15, -0.1) is 0 Å². The van der Waals surface area contributed by atoms with Crippen LogP contribution in [0.2, 0.25) is 0 Å². The number of aromatic nitrogens is 6. The zero-order valence-electron chi connectivity index (χ0n) is 23.8. The summed E-state index contributed by atoms with van der Waals surface area (Å²) < 4.78 is 4.62. The Hall–Kier alpha value is -5.05. The molecule has 2 aliphatic heterocycles. The second kappa shape index (κ2) is 11.5. The van der Waals surface area contributed by atoms with Crippen molar-refractivity contribution < 1.29 is 9.90 Å². The highest BCUT2D eigenvalue weighted by Gasteiger charge is 2.23. The van der Waals surface area contributed by atoms with E-state index in [4.69, 9.17) is 29.5 Å². The van der Waals surface area contributed by atoms with Crippen LogP contribution in [0.3, 0.4) is 0 Å². The number of benzene rings is 2. The van der Waals surface area contributed by atoms with Crippen LogP contribution in [0.4, 0.5) is 4.79 Å². The zero-order valence-corrected chi connectivity index (χ0v) is 25.5. The van der Waals surface area contributed by atoms with Gasteiger partial charge >= 0.3 is 6.09 Å². The van der Waals surface area contributed by atoms with Crippen molar-refractivity contribution >= 4 is 52.6 Å². The fourth-order valence-corrected chi connectivity index (χ4v) is 6.53. The van der Waals surface area contributed by atoms with Gasteiger partial charge in [0.2, 0.25) is 0 Å². The molecule has 2 aliphatic rings.